The maximum absolute atomic E-state index is 13.5. The van der Waals surface area contributed by atoms with Crippen LogP contribution in [-0.4, -0.2) is 75.1 Å². The van der Waals surface area contributed by atoms with Crippen LogP contribution in [0, 0.1) is 0 Å². The van der Waals surface area contributed by atoms with Crippen LogP contribution < -0.4 is 5.32 Å². The summed E-state index contributed by atoms with van der Waals surface area (Å²) < 4.78 is 10.4. The molecule has 1 atom stereocenters. The molecule has 2 aliphatic rings. The number of aryl methyl sites for hydroxylation is 1. The molecule has 1 saturated heterocycles. The molecular formula is C30H33Cl2N3O5. The fraction of sp³-hybridized carbons (Fsp3) is 0.367. The van der Waals surface area contributed by atoms with Crippen molar-refractivity contribution in [2.24, 2.45) is 0 Å². The number of dihydropyridines is 1. The lowest BCUT2D eigenvalue weighted by Gasteiger charge is -2.35. The number of rotatable bonds is 8. The largest absolute Gasteiger partial charge is 0.466 e. The van der Waals surface area contributed by atoms with Gasteiger partial charge in [0.2, 0.25) is 5.91 Å². The number of halogens is 2. The van der Waals surface area contributed by atoms with E-state index < -0.39 is 17.9 Å². The Kier molecular flexibility index (Phi) is 9.90. The van der Waals surface area contributed by atoms with Gasteiger partial charge in [0.05, 0.1) is 37.7 Å². The first kappa shape index (κ1) is 29.6. The molecule has 1 fully saturated rings. The lowest BCUT2D eigenvalue weighted by Crippen LogP contribution is -2.47. The Hall–Kier alpha value is -3.33. The van der Waals surface area contributed by atoms with Crippen LogP contribution in [0.25, 0.3) is 0 Å². The number of amides is 1. The minimum Gasteiger partial charge on any atom is -0.466 e. The predicted molar refractivity (Wildman–Crippen MR) is 154 cm³/mol. The molecule has 1 amide bonds. The topological polar surface area (TPSA) is 88.2 Å². The van der Waals surface area contributed by atoms with E-state index in [-0.39, 0.29) is 33.5 Å². The smallest absolute Gasteiger partial charge is 0.336 e. The van der Waals surface area contributed by atoms with Gasteiger partial charge < -0.3 is 24.6 Å². The lowest BCUT2D eigenvalue weighted by molar-refractivity contribution is -0.137. The Balaban J connectivity index is 1.86. The van der Waals surface area contributed by atoms with E-state index in [0.29, 0.717) is 42.9 Å². The molecule has 0 aromatic heterocycles. The summed E-state index contributed by atoms with van der Waals surface area (Å²) in [5, 5.41) is 3.83. The monoisotopic (exact) mass is 585 g/mol. The molecule has 212 valence electrons. The molecule has 1 N–H and O–H groups in total. The zero-order valence-corrected chi connectivity index (χ0v) is 24.3. The van der Waals surface area contributed by atoms with Gasteiger partial charge in [-0.05, 0) is 37.6 Å². The Morgan fingerprint density at radius 2 is 1.40 bits per heavy atom. The lowest BCUT2D eigenvalue weighted by atomic mass is 9.78. The Morgan fingerprint density at radius 3 is 1.98 bits per heavy atom. The summed E-state index contributed by atoms with van der Waals surface area (Å²) >= 11 is 13.3. The van der Waals surface area contributed by atoms with Gasteiger partial charge >= 0.3 is 11.9 Å². The van der Waals surface area contributed by atoms with E-state index >= 15 is 0 Å². The zero-order chi connectivity index (χ0) is 28.8. The summed E-state index contributed by atoms with van der Waals surface area (Å²) in [5.41, 5.74) is 2.62. The number of carbonyl (C=O) groups is 3. The average molecular weight is 587 g/mol. The standard InChI is InChI=1S/C30H33Cl2N3O5/c1-34-14-16-35(17-15-34)24(36)18-23-27(30(38)40-3)28(25-20(31)10-7-11-21(25)32)26(29(37)39-2)22(33-23)13-12-19-8-5-4-6-9-19/h4-11,28,33H,12-18H2,1-3H3. The van der Waals surface area contributed by atoms with Crippen LogP contribution in [0.1, 0.15) is 29.9 Å². The molecule has 0 spiro atoms. The van der Waals surface area contributed by atoms with Gasteiger partial charge in [0.1, 0.15) is 0 Å². The molecule has 40 heavy (non-hydrogen) atoms. The van der Waals surface area contributed by atoms with Crippen molar-refractivity contribution in [3.05, 3.63) is 92.2 Å². The van der Waals surface area contributed by atoms with Gasteiger partial charge in [0.15, 0.2) is 0 Å². The van der Waals surface area contributed by atoms with Gasteiger partial charge in [-0.3, -0.25) is 4.79 Å². The van der Waals surface area contributed by atoms with E-state index in [9.17, 15) is 14.4 Å². The average Bonchev–Trinajstić information content (AvgIpc) is 2.96. The number of carbonyl (C=O) groups excluding carboxylic acids is 3. The highest BCUT2D eigenvalue weighted by Crippen LogP contribution is 2.46. The third-order valence-corrected chi connectivity index (χ3v) is 7.98. The van der Waals surface area contributed by atoms with E-state index in [1.54, 1.807) is 23.1 Å². The number of benzene rings is 2. The summed E-state index contributed by atoms with van der Waals surface area (Å²) in [5.74, 6) is -2.48. The first-order valence-corrected chi connectivity index (χ1v) is 13.8. The summed E-state index contributed by atoms with van der Waals surface area (Å²) in [4.78, 5) is 44.2. The number of allylic oxidation sites excluding steroid dienone is 1. The summed E-state index contributed by atoms with van der Waals surface area (Å²) in [6.45, 7) is 2.68. The number of hydrogen-bond acceptors (Lipinski definition) is 7. The quantitative estimate of drug-likeness (QED) is 0.461. The number of nitrogens with one attached hydrogen (secondary N) is 1. The van der Waals surface area contributed by atoms with E-state index in [0.717, 1.165) is 18.7 Å². The summed E-state index contributed by atoms with van der Waals surface area (Å²) in [6.07, 6.45) is 0.920. The van der Waals surface area contributed by atoms with Crippen molar-refractivity contribution in [2.45, 2.75) is 25.2 Å². The predicted octanol–water partition coefficient (Wildman–Crippen LogP) is 4.33. The van der Waals surface area contributed by atoms with E-state index in [1.165, 1.54) is 14.2 Å². The molecule has 8 nitrogen and oxygen atoms in total. The second kappa shape index (κ2) is 13.4. The highest BCUT2D eigenvalue weighted by molar-refractivity contribution is 6.36. The van der Waals surface area contributed by atoms with Crippen LogP contribution in [0.15, 0.2) is 71.1 Å². The number of piperazine rings is 1. The van der Waals surface area contributed by atoms with Crippen LogP contribution >= 0.6 is 23.2 Å². The molecule has 0 radical (unpaired) electrons. The van der Waals surface area contributed by atoms with Crippen LogP contribution in [0.4, 0.5) is 0 Å². The first-order valence-electron chi connectivity index (χ1n) is 13.1. The van der Waals surface area contributed by atoms with Crippen molar-refractivity contribution < 1.29 is 23.9 Å². The Labute approximate surface area is 244 Å². The third-order valence-electron chi connectivity index (χ3n) is 7.32. The Morgan fingerprint density at radius 1 is 0.825 bits per heavy atom. The number of likely N-dealkylation sites (N-methyl/N-ethyl adjacent to an activating group) is 1. The fourth-order valence-corrected chi connectivity index (χ4v) is 5.77. The minimum absolute atomic E-state index is 0.0873. The van der Waals surface area contributed by atoms with Crippen LogP contribution in [0.3, 0.4) is 0 Å². The van der Waals surface area contributed by atoms with E-state index in [2.05, 4.69) is 10.2 Å². The van der Waals surface area contributed by atoms with Crippen LogP contribution in [0.2, 0.25) is 10.0 Å². The molecule has 2 aliphatic heterocycles. The third kappa shape index (κ3) is 6.52. The van der Waals surface area contributed by atoms with Gasteiger partial charge in [0.25, 0.3) is 0 Å². The SMILES string of the molecule is COC(=O)C1=C(CCc2ccccc2)NC(CC(=O)N2CCN(C)CC2)=C(C(=O)OC)C1c1c(Cl)cccc1Cl. The fourth-order valence-electron chi connectivity index (χ4n) is 5.16. The minimum atomic E-state index is -1.01. The molecule has 2 heterocycles. The molecule has 2 aromatic carbocycles. The Bertz CT molecular complexity index is 1310. The normalized spacial score (nSPS) is 17.9. The highest BCUT2D eigenvalue weighted by Gasteiger charge is 2.42. The van der Waals surface area contributed by atoms with Crippen molar-refractivity contribution >= 4 is 41.0 Å². The van der Waals surface area contributed by atoms with Crippen LogP contribution in [-0.2, 0) is 30.3 Å². The molecule has 2 aromatic rings. The second-order valence-electron chi connectivity index (χ2n) is 9.81. The molecule has 4 rings (SSSR count). The zero-order valence-electron chi connectivity index (χ0n) is 22.8. The summed E-state index contributed by atoms with van der Waals surface area (Å²) in [6, 6.07) is 14.8. The second-order valence-corrected chi connectivity index (χ2v) is 10.6. The summed E-state index contributed by atoms with van der Waals surface area (Å²) in [7, 11) is 4.55. The van der Waals surface area contributed by atoms with E-state index in [1.807, 2.05) is 37.4 Å². The molecule has 0 bridgehead atoms. The molecule has 0 aliphatic carbocycles. The van der Waals surface area contributed by atoms with Crippen molar-refractivity contribution in [1.29, 1.82) is 0 Å². The molecule has 1 unspecified atom stereocenters. The van der Waals surface area contributed by atoms with Crippen molar-refractivity contribution in [3.8, 4) is 0 Å². The van der Waals surface area contributed by atoms with Gasteiger partial charge in [-0.15, -0.1) is 0 Å². The van der Waals surface area contributed by atoms with Gasteiger partial charge in [-0.25, -0.2) is 9.59 Å². The molecular weight excluding hydrogens is 553 g/mol. The molecule has 10 heteroatoms. The van der Waals surface area contributed by atoms with Crippen molar-refractivity contribution in [3.63, 3.8) is 0 Å². The van der Waals surface area contributed by atoms with Crippen molar-refractivity contribution in [1.82, 2.24) is 15.1 Å². The molecule has 0 saturated carbocycles. The number of esters is 2. The van der Waals surface area contributed by atoms with Crippen LogP contribution in [0.5, 0.6) is 0 Å². The number of ether oxygens (including phenoxy) is 2. The van der Waals surface area contributed by atoms with Gasteiger partial charge in [-0.2, -0.15) is 0 Å². The highest BCUT2D eigenvalue weighted by atomic mass is 35.5. The number of methoxy groups -OCH3 is 2. The maximum Gasteiger partial charge on any atom is 0.336 e. The number of hydrogen-bond donors (Lipinski definition) is 1. The van der Waals surface area contributed by atoms with E-state index in [4.69, 9.17) is 32.7 Å². The maximum atomic E-state index is 13.5. The number of nitrogens with zero attached hydrogens (tertiary/aromatic N) is 2. The van der Waals surface area contributed by atoms with Crippen molar-refractivity contribution in [2.75, 3.05) is 47.4 Å². The first-order chi connectivity index (χ1) is 19.2. The van der Waals surface area contributed by atoms with Gasteiger partial charge in [-0.1, -0.05) is 59.6 Å². The van der Waals surface area contributed by atoms with Gasteiger partial charge in [0, 0.05) is 53.2 Å².